The lowest BCUT2D eigenvalue weighted by Crippen LogP contribution is -2.52. The molecule has 0 bridgehead atoms. The van der Waals surface area contributed by atoms with Crippen molar-refractivity contribution < 1.29 is 14.3 Å². The third-order valence-electron chi connectivity index (χ3n) is 10.8. The standard InChI is InChI=1S/C30H40N2O3/c1-18-28-27(31-32(18)21-7-9-22(34-5)10-8-21)17-26-24-11-6-20-16-23(35-19(2)33)12-14-29(20,3)25(24)13-15-30(26,28)4/h6-10,18,23-26,28H,11-17H2,1-5H3/t18-,23-,24+,25-,26-,28-,29-,30-/m0/s1. The Morgan fingerprint density at radius 3 is 2.57 bits per heavy atom. The second-order valence-corrected chi connectivity index (χ2v) is 12.3. The minimum absolute atomic E-state index is 0.0715. The van der Waals surface area contributed by atoms with E-state index in [0.717, 1.165) is 49.0 Å². The number of fused-ring (bicyclic) bond motifs is 7. The smallest absolute Gasteiger partial charge is 0.302 e. The van der Waals surface area contributed by atoms with Crippen LogP contribution in [-0.4, -0.2) is 30.9 Å². The molecule has 3 fully saturated rings. The van der Waals surface area contributed by atoms with Gasteiger partial charge in [0.25, 0.3) is 0 Å². The van der Waals surface area contributed by atoms with E-state index >= 15 is 0 Å². The summed E-state index contributed by atoms with van der Waals surface area (Å²) in [6, 6.07) is 8.73. The highest BCUT2D eigenvalue weighted by molar-refractivity contribution is 5.94. The van der Waals surface area contributed by atoms with Gasteiger partial charge in [-0.05, 0) is 98.3 Å². The summed E-state index contributed by atoms with van der Waals surface area (Å²) in [6.45, 7) is 9.01. The van der Waals surface area contributed by atoms with E-state index in [9.17, 15) is 4.79 Å². The quantitative estimate of drug-likeness (QED) is 0.375. The van der Waals surface area contributed by atoms with Crippen molar-refractivity contribution in [1.29, 1.82) is 0 Å². The number of anilines is 1. The number of ether oxygens (including phenoxy) is 2. The first-order chi connectivity index (χ1) is 16.7. The third-order valence-corrected chi connectivity index (χ3v) is 10.8. The minimum atomic E-state index is -0.141. The number of rotatable bonds is 3. The van der Waals surface area contributed by atoms with Crippen LogP contribution in [-0.2, 0) is 9.53 Å². The molecule has 188 valence electrons. The molecule has 1 aromatic carbocycles. The molecule has 0 radical (unpaired) electrons. The Kier molecular flexibility index (Phi) is 5.36. The van der Waals surface area contributed by atoms with Gasteiger partial charge in [0.15, 0.2) is 0 Å². The number of methoxy groups -OCH3 is 1. The fourth-order valence-electron chi connectivity index (χ4n) is 9.15. The van der Waals surface area contributed by atoms with E-state index in [1.54, 1.807) is 12.7 Å². The van der Waals surface area contributed by atoms with Crippen molar-refractivity contribution in [2.75, 3.05) is 12.1 Å². The summed E-state index contributed by atoms with van der Waals surface area (Å²) in [5.41, 5.74) is 4.74. The van der Waals surface area contributed by atoms with Gasteiger partial charge in [0.2, 0.25) is 0 Å². The topological polar surface area (TPSA) is 51.1 Å². The van der Waals surface area contributed by atoms with Gasteiger partial charge in [-0.25, -0.2) is 0 Å². The molecule has 35 heavy (non-hydrogen) atoms. The first-order valence-electron chi connectivity index (χ1n) is 13.6. The van der Waals surface area contributed by atoms with E-state index < -0.39 is 0 Å². The molecule has 5 aliphatic rings. The third kappa shape index (κ3) is 3.40. The highest BCUT2D eigenvalue weighted by Crippen LogP contribution is 2.67. The van der Waals surface area contributed by atoms with E-state index in [2.05, 4.69) is 44.0 Å². The molecular weight excluding hydrogens is 436 g/mol. The van der Waals surface area contributed by atoms with Crippen LogP contribution in [0.1, 0.15) is 72.6 Å². The zero-order valence-corrected chi connectivity index (χ0v) is 21.9. The van der Waals surface area contributed by atoms with Crippen LogP contribution < -0.4 is 9.75 Å². The van der Waals surface area contributed by atoms with Gasteiger partial charge in [0.1, 0.15) is 11.9 Å². The molecule has 0 saturated heterocycles. The van der Waals surface area contributed by atoms with E-state index in [4.69, 9.17) is 14.6 Å². The number of benzene rings is 1. The maximum atomic E-state index is 11.5. The van der Waals surface area contributed by atoms with E-state index in [1.165, 1.54) is 31.9 Å². The van der Waals surface area contributed by atoms with E-state index in [-0.39, 0.29) is 17.5 Å². The van der Waals surface area contributed by atoms with Crippen molar-refractivity contribution in [3.8, 4) is 5.75 Å². The normalized spacial score (nSPS) is 41.7. The summed E-state index contributed by atoms with van der Waals surface area (Å²) in [5.74, 6) is 3.48. The summed E-state index contributed by atoms with van der Waals surface area (Å²) >= 11 is 0. The van der Waals surface area contributed by atoms with Crippen molar-refractivity contribution in [2.24, 2.45) is 39.6 Å². The maximum Gasteiger partial charge on any atom is 0.302 e. The van der Waals surface area contributed by atoms with Gasteiger partial charge in [-0.15, -0.1) is 0 Å². The summed E-state index contributed by atoms with van der Waals surface area (Å²) in [5, 5.41) is 7.51. The van der Waals surface area contributed by atoms with Gasteiger partial charge in [-0.2, -0.15) is 5.10 Å². The Morgan fingerprint density at radius 2 is 1.86 bits per heavy atom. The summed E-state index contributed by atoms with van der Waals surface area (Å²) in [4.78, 5) is 11.5. The zero-order valence-electron chi connectivity index (χ0n) is 21.9. The molecule has 1 aromatic rings. The highest BCUT2D eigenvalue weighted by Gasteiger charge is 2.63. The average molecular weight is 477 g/mol. The monoisotopic (exact) mass is 476 g/mol. The lowest BCUT2D eigenvalue weighted by atomic mass is 9.47. The number of hydrogen-bond donors (Lipinski definition) is 0. The molecule has 4 aliphatic carbocycles. The molecule has 0 amide bonds. The van der Waals surface area contributed by atoms with Crippen LogP contribution in [0.3, 0.4) is 0 Å². The number of carbonyl (C=O) groups is 1. The predicted octanol–water partition coefficient (Wildman–Crippen LogP) is 6.38. The Morgan fingerprint density at radius 1 is 1.09 bits per heavy atom. The van der Waals surface area contributed by atoms with Crippen molar-refractivity contribution in [1.82, 2.24) is 0 Å². The molecular formula is C30H40N2O3. The van der Waals surface area contributed by atoms with Crippen molar-refractivity contribution in [3.63, 3.8) is 0 Å². The Bertz CT molecular complexity index is 1080. The molecule has 6 rings (SSSR count). The Labute approximate surface area is 209 Å². The maximum absolute atomic E-state index is 11.5. The van der Waals surface area contributed by atoms with Gasteiger partial charge in [-0.3, -0.25) is 9.80 Å². The molecule has 0 unspecified atom stereocenters. The molecule has 8 atom stereocenters. The number of hydrazone groups is 1. The second kappa shape index (κ2) is 8.11. The van der Waals surface area contributed by atoms with Gasteiger partial charge in [0, 0.05) is 25.0 Å². The molecule has 0 N–H and O–H groups in total. The number of nitrogens with zero attached hydrogens (tertiary/aromatic N) is 2. The summed E-state index contributed by atoms with van der Waals surface area (Å²) in [7, 11) is 1.71. The molecule has 0 aromatic heterocycles. The Hall–Kier alpha value is -2.30. The SMILES string of the molecule is COc1ccc(N2N=C3C[C@H]4[C@@H]5CC=C6C[C@@H](OC(C)=O)CC[C@]6(C)[C@H]5CC[C@]4(C)[C@H]3[C@@H]2C)cc1. The van der Waals surface area contributed by atoms with E-state index in [0.29, 0.717) is 23.3 Å². The lowest BCUT2D eigenvalue weighted by molar-refractivity contribution is -0.148. The van der Waals surface area contributed by atoms with Crippen LogP contribution in [0.2, 0.25) is 0 Å². The predicted molar refractivity (Wildman–Crippen MR) is 138 cm³/mol. The van der Waals surface area contributed by atoms with Crippen molar-refractivity contribution >= 4 is 17.4 Å². The highest BCUT2D eigenvalue weighted by atomic mass is 16.5. The van der Waals surface area contributed by atoms with Crippen LogP contribution in [0, 0.1) is 34.5 Å². The first kappa shape index (κ1) is 23.1. The summed E-state index contributed by atoms with van der Waals surface area (Å²) in [6.07, 6.45) is 10.6. The molecule has 5 heteroatoms. The van der Waals surface area contributed by atoms with Crippen molar-refractivity contribution in [2.45, 2.75) is 84.8 Å². The van der Waals surface area contributed by atoms with Gasteiger partial charge < -0.3 is 9.47 Å². The fourth-order valence-corrected chi connectivity index (χ4v) is 9.15. The first-order valence-corrected chi connectivity index (χ1v) is 13.6. The number of esters is 1. The van der Waals surface area contributed by atoms with Crippen LogP contribution in [0.5, 0.6) is 5.75 Å². The van der Waals surface area contributed by atoms with Crippen molar-refractivity contribution in [3.05, 3.63) is 35.9 Å². The molecule has 1 heterocycles. The average Bonchev–Trinajstić information content (AvgIpc) is 3.32. The largest absolute Gasteiger partial charge is 0.497 e. The lowest BCUT2D eigenvalue weighted by Gasteiger charge is -2.58. The van der Waals surface area contributed by atoms with Gasteiger partial charge >= 0.3 is 5.97 Å². The number of carbonyl (C=O) groups excluding carboxylic acids is 1. The van der Waals surface area contributed by atoms with Gasteiger partial charge in [-0.1, -0.05) is 25.5 Å². The fraction of sp³-hybridized carbons (Fsp3) is 0.667. The summed E-state index contributed by atoms with van der Waals surface area (Å²) < 4.78 is 11.0. The van der Waals surface area contributed by atoms with Crippen LogP contribution in [0.25, 0.3) is 0 Å². The second-order valence-electron chi connectivity index (χ2n) is 12.3. The molecule has 0 spiro atoms. The minimum Gasteiger partial charge on any atom is -0.497 e. The van der Waals surface area contributed by atoms with Crippen LogP contribution >= 0.6 is 0 Å². The van der Waals surface area contributed by atoms with Crippen LogP contribution in [0.4, 0.5) is 5.69 Å². The van der Waals surface area contributed by atoms with E-state index in [1.807, 2.05) is 12.1 Å². The number of allylic oxidation sites excluding steroid dienone is 1. The van der Waals surface area contributed by atoms with Crippen LogP contribution in [0.15, 0.2) is 41.0 Å². The van der Waals surface area contributed by atoms with Gasteiger partial charge in [0.05, 0.1) is 18.8 Å². The number of hydrogen-bond acceptors (Lipinski definition) is 5. The molecule has 3 saturated carbocycles. The zero-order chi connectivity index (χ0) is 24.5. The molecule has 5 nitrogen and oxygen atoms in total. The Balaban J connectivity index is 1.26. The molecule has 1 aliphatic heterocycles.